The second-order valence-corrected chi connectivity index (χ2v) is 8.19. The summed E-state index contributed by atoms with van der Waals surface area (Å²) in [6.07, 6.45) is 1.64. The topological polar surface area (TPSA) is 76.3 Å². The van der Waals surface area contributed by atoms with Crippen LogP contribution in [-0.2, 0) is 17.9 Å². The normalized spacial score (nSPS) is 14.1. The maximum atomic E-state index is 13.6. The molecular formula is C24H26N6O2. The van der Waals surface area contributed by atoms with Crippen molar-refractivity contribution in [2.75, 3.05) is 29.9 Å². The van der Waals surface area contributed by atoms with Crippen LogP contribution in [0.1, 0.15) is 19.8 Å². The molecule has 0 fully saturated rings. The summed E-state index contributed by atoms with van der Waals surface area (Å²) in [7, 11) is 1.97. The Bertz CT molecular complexity index is 1370. The largest absolute Gasteiger partial charge is 0.357 e. The summed E-state index contributed by atoms with van der Waals surface area (Å²) in [4.78, 5) is 40.0. The number of anilines is 2. The fourth-order valence-corrected chi connectivity index (χ4v) is 4.42. The summed E-state index contributed by atoms with van der Waals surface area (Å²) in [5.41, 5.74) is 3.02. The average Bonchev–Trinajstić information content (AvgIpc) is 2.96. The van der Waals surface area contributed by atoms with Gasteiger partial charge in [-0.25, -0.2) is 14.8 Å². The minimum atomic E-state index is -0.160. The van der Waals surface area contributed by atoms with Crippen LogP contribution in [0.25, 0.3) is 22.1 Å². The maximum absolute atomic E-state index is 13.6. The first-order chi connectivity index (χ1) is 15.6. The quantitative estimate of drug-likeness (QED) is 0.497. The summed E-state index contributed by atoms with van der Waals surface area (Å²) in [6, 6.07) is 15.3. The highest BCUT2D eigenvalue weighted by molar-refractivity contribution is 5.97. The van der Waals surface area contributed by atoms with Gasteiger partial charge in [-0.15, -0.1) is 0 Å². The number of rotatable bonds is 4. The van der Waals surface area contributed by atoms with Gasteiger partial charge in [-0.3, -0.25) is 18.8 Å². The second-order valence-electron chi connectivity index (χ2n) is 8.19. The van der Waals surface area contributed by atoms with Crippen molar-refractivity contribution in [1.82, 2.24) is 19.1 Å². The second kappa shape index (κ2) is 8.11. The van der Waals surface area contributed by atoms with E-state index in [-0.39, 0.29) is 18.1 Å². The first-order valence-electron chi connectivity index (χ1n) is 11.0. The number of fused-ring (bicyclic) bond motifs is 3. The molecule has 1 amide bonds. The van der Waals surface area contributed by atoms with Crippen molar-refractivity contribution in [3.05, 3.63) is 59.0 Å². The molecule has 0 atom stereocenters. The first-order valence-corrected chi connectivity index (χ1v) is 11.0. The Morgan fingerprint density at radius 2 is 1.53 bits per heavy atom. The summed E-state index contributed by atoms with van der Waals surface area (Å²) >= 11 is 0. The van der Waals surface area contributed by atoms with E-state index in [1.54, 1.807) is 14.0 Å². The molecule has 0 saturated carbocycles. The fourth-order valence-electron chi connectivity index (χ4n) is 4.42. The average molecular weight is 431 g/mol. The van der Waals surface area contributed by atoms with Gasteiger partial charge in [0.15, 0.2) is 11.6 Å². The smallest absolute Gasteiger partial charge is 0.329 e. The Kier molecular flexibility index (Phi) is 5.13. The van der Waals surface area contributed by atoms with Crippen molar-refractivity contribution in [2.45, 2.75) is 32.9 Å². The van der Waals surface area contributed by atoms with Crippen molar-refractivity contribution in [3.63, 3.8) is 0 Å². The van der Waals surface area contributed by atoms with E-state index >= 15 is 0 Å². The van der Waals surface area contributed by atoms with Crippen molar-refractivity contribution in [2.24, 2.45) is 0 Å². The Labute approximate surface area is 185 Å². The predicted molar refractivity (Wildman–Crippen MR) is 126 cm³/mol. The predicted octanol–water partition coefficient (Wildman–Crippen LogP) is 3.03. The van der Waals surface area contributed by atoms with E-state index < -0.39 is 0 Å². The molecule has 2 aromatic carbocycles. The summed E-state index contributed by atoms with van der Waals surface area (Å²) in [5.74, 6) is 1.09. The molecule has 0 unspecified atom stereocenters. The SMILES string of the molecule is CCCn1c(=O)n(CC(=O)N2CCCN(C)c3nc4ccccc4nc32)c2ccccc21. The Balaban J connectivity index is 1.57. The molecule has 0 N–H and O–H groups in total. The number of hydrogen-bond donors (Lipinski definition) is 0. The molecule has 0 spiro atoms. The van der Waals surface area contributed by atoms with E-state index in [4.69, 9.17) is 9.97 Å². The van der Waals surface area contributed by atoms with Crippen LogP contribution in [0, 0.1) is 0 Å². The lowest BCUT2D eigenvalue weighted by Gasteiger charge is -2.23. The summed E-state index contributed by atoms with van der Waals surface area (Å²) < 4.78 is 3.33. The highest BCUT2D eigenvalue weighted by atomic mass is 16.2. The summed E-state index contributed by atoms with van der Waals surface area (Å²) in [6.45, 7) is 3.94. The summed E-state index contributed by atoms with van der Waals surface area (Å²) in [5, 5.41) is 0. The van der Waals surface area contributed by atoms with Crippen LogP contribution in [0.2, 0.25) is 0 Å². The lowest BCUT2D eigenvalue weighted by atomic mass is 10.3. The number of carbonyl (C=O) groups excluding carboxylic acids is 1. The van der Waals surface area contributed by atoms with Gasteiger partial charge in [0.25, 0.3) is 0 Å². The third-order valence-electron chi connectivity index (χ3n) is 5.99. The minimum Gasteiger partial charge on any atom is -0.357 e. The third kappa shape index (κ3) is 3.32. The Morgan fingerprint density at radius 1 is 0.906 bits per heavy atom. The number of benzene rings is 2. The highest BCUT2D eigenvalue weighted by Gasteiger charge is 2.28. The van der Waals surface area contributed by atoms with Crippen LogP contribution in [-0.4, -0.2) is 45.1 Å². The molecule has 164 valence electrons. The Hall–Kier alpha value is -3.68. The highest BCUT2D eigenvalue weighted by Crippen LogP contribution is 2.30. The van der Waals surface area contributed by atoms with Gasteiger partial charge in [0.2, 0.25) is 5.91 Å². The van der Waals surface area contributed by atoms with Gasteiger partial charge in [0.05, 0.1) is 22.1 Å². The zero-order valence-electron chi connectivity index (χ0n) is 18.4. The van der Waals surface area contributed by atoms with E-state index in [1.165, 1.54) is 0 Å². The molecule has 0 radical (unpaired) electrons. The van der Waals surface area contributed by atoms with Gasteiger partial charge < -0.3 is 4.90 Å². The van der Waals surface area contributed by atoms with E-state index in [1.807, 2.05) is 67.4 Å². The van der Waals surface area contributed by atoms with Gasteiger partial charge in [-0.2, -0.15) is 0 Å². The van der Waals surface area contributed by atoms with Crippen molar-refractivity contribution >= 4 is 39.6 Å². The standard InChI is InChI=1S/C24H26N6O2/c1-3-13-28-19-11-6-7-12-20(19)30(24(28)32)16-21(31)29-15-8-14-27(2)22-23(29)26-18-10-5-4-9-17(18)25-22/h4-7,9-12H,3,8,13-16H2,1-2H3. The first kappa shape index (κ1) is 20.2. The lowest BCUT2D eigenvalue weighted by Crippen LogP contribution is -2.38. The van der Waals surface area contributed by atoms with Crippen molar-refractivity contribution in [3.8, 4) is 0 Å². The van der Waals surface area contributed by atoms with Gasteiger partial charge >= 0.3 is 5.69 Å². The number of imidazole rings is 1. The monoisotopic (exact) mass is 430 g/mol. The molecule has 4 aromatic rings. The zero-order chi connectivity index (χ0) is 22.2. The molecule has 8 nitrogen and oxygen atoms in total. The third-order valence-corrected chi connectivity index (χ3v) is 5.99. The van der Waals surface area contributed by atoms with Gasteiger partial charge in [-0.1, -0.05) is 31.2 Å². The van der Waals surface area contributed by atoms with Crippen LogP contribution in [0.5, 0.6) is 0 Å². The van der Waals surface area contributed by atoms with E-state index in [0.717, 1.165) is 41.5 Å². The number of aryl methyl sites for hydroxylation is 1. The molecule has 32 heavy (non-hydrogen) atoms. The number of hydrogen-bond acceptors (Lipinski definition) is 5. The molecule has 2 aromatic heterocycles. The lowest BCUT2D eigenvalue weighted by molar-refractivity contribution is -0.119. The minimum absolute atomic E-state index is 0.0340. The molecule has 1 aliphatic rings. The Morgan fingerprint density at radius 3 is 2.22 bits per heavy atom. The molecule has 3 heterocycles. The number of carbonyl (C=O) groups is 1. The number of amides is 1. The number of nitrogens with zero attached hydrogens (tertiary/aromatic N) is 6. The molecule has 0 bridgehead atoms. The number of aromatic nitrogens is 4. The molecule has 5 rings (SSSR count). The van der Waals surface area contributed by atoms with E-state index in [9.17, 15) is 9.59 Å². The van der Waals surface area contributed by atoms with E-state index in [0.29, 0.717) is 24.7 Å². The molecule has 0 aliphatic carbocycles. The molecule has 1 aliphatic heterocycles. The zero-order valence-corrected chi connectivity index (χ0v) is 18.4. The van der Waals surface area contributed by atoms with Crippen LogP contribution in [0.15, 0.2) is 53.3 Å². The number of para-hydroxylation sites is 4. The van der Waals surface area contributed by atoms with E-state index in [2.05, 4.69) is 0 Å². The molecule has 0 saturated heterocycles. The van der Waals surface area contributed by atoms with Gasteiger partial charge in [0.1, 0.15) is 6.54 Å². The van der Waals surface area contributed by atoms with Gasteiger partial charge in [0, 0.05) is 26.7 Å². The van der Waals surface area contributed by atoms with Gasteiger partial charge in [-0.05, 0) is 37.1 Å². The van der Waals surface area contributed by atoms with Crippen molar-refractivity contribution in [1.29, 1.82) is 0 Å². The van der Waals surface area contributed by atoms with Crippen LogP contribution in [0.3, 0.4) is 0 Å². The fraction of sp³-hybridized carbons (Fsp3) is 0.333. The maximum Gasteiger partial charge on any atom is 0.329 e. The molecule has 8 heteroatoms. The molecular weight excluding hydrogens is 404 g/mol. The van der Waals surface area contributed by atoms with Crippen LogP contribution < -0.4 is 15.5 Å². The van der Waals surface area contributed by atoms with Crippen molar-refractivity contribution < 1.29 is 4.79 Å². The van der Waals surface area contributed by atoms with Crippen LogP contribution in [0.4, 0.5) is 11.6 Å². The van der Waals surface area contributed by atoms with Crippen LogP contribution >= 0.6 is 0 Å².